The normalized spacial score (nSPS) is 17.0. The third-order valence-electron chi connectivity index (χ3n) is 8.08. The number of piperidine rings is 1. The van der Waals surface area contributed by atoms with Crippen LogP contribution in [0, 0.1) is 19.8 Å². The van der Waals surface area contributed by atoms with E-state index >= 15 is 0 Å². The molecule has 1 aromatic carbocycles. The highest BCUT2D eigenvalue weighted by Crippen LogP contribution is 2.37. The molecule has 2 aliphatic rings. The fourth-order valence-electron chi connectivity index (χ4n) is 5.65. The third-order valence-corrected chi connectivity index (χ3v) is 9.38. The van der Waals surface area contributed by atoms with Crippen LogP contribution in [0.3, 0.4) is 0 Å². The minimum atomic E-state index is -0.492. The van der Waals surface area contributed by atoms with Gasteiger partial charge >= 0.3 is 0 Å². The van der Waals surface area contributed by atoms with Gasteiger partial charge in [-0.2, -0.15) is 0 Å². The maximum Gasteiger partial charge on any atom is 0.296 e. The fraction of sp³-hybridized carbons (Fsp3) is 0.267. The molecule has 2 fully saturated rings. The van der Waals surface area contributed by atoms with E-state index in [1.807, 2.05) is 48.2 Å². The van der Waals surface area contributed by atoms with Gasteiger partial charge in [-0.05, 0) is 56.5 Å². The van der Waals surface area contributed by atoms with E-state index in [0.29, 0.717) is 48.8 Å². The van der Waals surface area contributed by atoms with Crippen molar-refractivity contribution >= 4 is 63.3 Å². The van der Waals surface area contributed by atoms with Crippen LogP contribution in [0.25, 0.3) is 17.4 Å². The van der Waals surface area contributed by atoms with Gasteiger partial charge in [0.05, 0.1) is 21.8 Å². The van der Waals surface area contributed by atoms with Crippen molar-refractivity contribution in [3.05, 3.63) is 91.1 Å². The number of aryl methyl sites for hydroxylation is 1. The number of hydrogen-bond donors (Lipinski definition) is 1. The second-order valence-electron chi connectivity index (χ2n) is 10.6. The number of amides is 2. The zero-order valence-electron chi connectivity index (χ0n) is 23.8. The van der Waals surface area contributed by atoms with Gasteiger partial charge in [0.25, 0.3) is 17.0 Å². The number of thioether (sulfide) groups is 1. The van der Waals surface area contributed by atoms with Gasteiger partial charge in [-0.25, -0.2) is 9.67 Å². The summed E-state index contributed by atoms with van der Waals surface area (Å²) in [6.45, 7) is 4.59. The number of carbonyl (C=O) groups is 2. The first-order chi connectivity index (χ1) is 20.6. The highest BCUT2D eigenvalue weighted by atomic mass is 32.2. The lowest BCUT2D eigenvalue weighted by Gasteiger charge is -2.32. The summed E-state index contributed by atoms with van der Waals surface area (Å²) in [4.78, 5) is 61.6. The standard InChI is InChI=1S/C30H29N7O4S2/c1-17-8-7-13-35-25(17)32-26(34-14-11-19(12-15-34)24(31)38)21(27(35)39)16-22-28(40)36(30(42)43-22)23-18(2)33(3)37(29(23)41)20-9-5-4-6-10-20/h4-10,13,16,19H,11-12,14-15H2,1-3H3,(H2,31,38)/b22-16+. The summed E-state index contributed by atoms with van der Waals surface area (Å²) in [5.74, 6) is -0.648. The van der Waals surface area contributed by atoms with Crippen LogP contribution in [0.4, 0.5) is 11.5 Å². The Bertz CT molecular complexity index is 1970. The summed E-state index contributed by atoms with van der Waals surface area (Å²) in [5, 5.41) is 0. The van der Waals surface area contributed by atoms with Crippen molar-refractivity contribution in [1.29, 1.82) is 0 Å². The molecule has 5 heterocycles. The van der Waals surface area contributed by atoms with Gasteiger partial charge in [0.1, 0.15) is 17.2 Å². The largest absolute Gasteiger partial charge is 0.369 e. The number of nitrogens with zero attached hydrogens (tertiary/aromatic N) is 6. The molecule has 0 bridgehead atoms. The quantitative estimate of drug-likeness (QED) is 0.268. The van der Waals surface area contributed by atoms with E-state index in [1.165, 1.54) is 20.1 Å². The number of aromatic nitrogens is 4. The zero-order valence-corrected chi connectivity index (χ0v) is 25.4. The average molecular weight is 616 g/mol. The van der Waals surface area contributed by atoms with Gasteiger partial charge in [0.2, 0.25) is 5.91 Å². The zero-order chi connectivity index (χ0) is 30.6. The fourth-order valence-corrected chi connectivity index (χ4v) is 6.90. The molecule has 43 heavy (non-hydrogen) atoms. The molecule has 0 aliphatic carbocycles. The molecule has 2 N–H and O–H groups in total. The molecule has 6 rings (SSSR count). The number of anilines is 2. The number of carbonyl (C=O) groups excluding carboxylic acids is 2. The number of fused-ring (bicyclic) bond motifs is 1. The maximum atomic E-state index is 13.9. The minimum Gasteiger partial charge on any atom is -0.369 e. The maximum absolute atomic E-state index is 13.9. The van der Waals surface area contributed by atoms with Crippen molar-refractivity contribution in [2.75, 3.05) is 22.9 Å². The Hall–Kier alpha value is -4.49. The van der Waals surface area contributed by atoms with Crippen molar-refractivity contribution in [1.82, 2.24) is 18.7 Å². The molecular weight excluding hydrogens is 587 g/mol. The first-order valence-electron chi connectivity index (χ1n) is 13.8. The highest BCUT2D eigenvalue weighted by Gasteiger charge is 2.38. The number of pyridine rings is 1. The van der Waals surface area contributed by atoms with Crippen molar-refractivity contribution < 1.29 is 9.59 Å². The molecular formula is C30H29N7O4S2. The topological polar surface area (TPSA) is 128 Å². The van der Waals surface area contributed by atoms with Gasteiger partial charge in [0, 0.05) is 32.3 Å². The molecule has 13 heteroatoms. The number of nitrogens with two attached hydrogens (primary N) is 1. The number of rotatable bonds is 5. The van der Waals surface area contributed by atoms with Crippen LogP contribution >= 0.6 is 24.0 Å². The van der Waals surface area contributed by atoms with Crippen LogP contribution in [0.5, 0.6) is 0 Å². The van der Waals surface area contributed by atoms with E-state index in [1.54, 1.807) is 30.9 Å². The molecule has 0 saturated carbocycles. The Balaban J connectivity index is 1.45. The van der Waals surface area contributed by atoms with E-state index in [4.69, 9.17) is 22.9 Å². The minimum absolute atomic E-state index is 0.162. The lowest BCUT2D eigenvalue weighted by molar-refractivity contribution is -0.122. The Morgan fingerprint density at radius 3 is 2.42 bits per heavy atom. The van der Waals surface area contributed by atoms with E-state index in [-0.39, 0.29) is 43.4 Å². The molecule has 220 valence electrons. The van der Waals surface area contributed by atoms with Gasteiger partial charge < -0.3 is 10.6 Å². The molecule has 0 radical (unpaired) electrons. The summed E-state index contributed by atoms with van der Waals surface area (Å²) in [6, 6.07) is 12.8. The van der Waals surface area contributed by atoms with Crippen LogP contribution in [-0.4, -0.2) is 48.0 Å². The van der Waals surface area contributed by atoms with Crippen molar-refractivity contribution in [2.24, 2.45) is 18.7 Å². The Morgan fingerprint density at radius 1 is 1.05 bits per heavy atom. The van der Waals surface area contributed by atoms with Gasteiger partial charge in [-0.15, -0.1) is 0 Å². The van der Waals surface area contributed by atoms with Crippen molar-refractivity contribution in [3.63, 3.8) is 0 Å². The number of primary amides is 1. The molecule has 11 nitrogen and oxygen atoms in total. The third kappa shape index (κ3) is 4.78. The number of para-hydroxylation sites is 1. The highest BCUT2D eigenvalue weighted by molar-refractivity contribution is 8.27. The first kappa shape index (κ1) is 28.6. The average Bonchev–Trinajstić information content (AvgIpc) is 3.39. The van der Waals surface area contributed by atoms with Crippen LogP contribution in [0.1, 0.15) is 29.7 Å². The predicted molar refractivity (Wildman–Crippen MR) is 172 cm³/mol. The Labute approximate surface area is 256 Å². The molecule has 4 aromatic rings. The van der Waals surface area contributed by atoms with E-state index in [9.17, 15) is 19.2 Å². The summed E-state index contributed by atoms with van der Waals surface area (Å²) in [7, 11) is 1.75. The van der Waals surface area contributed by atoms with E-state index in [2.05, 4.69) is 0 Å². The molecule has 0 spiro atoms. The van der Waals surface area contributed by atoms with Crippen molar-refractivity contribution in [3.8, 4) is 5.69 Å². The molecule has 2 saturated heterocycles. The molecule has 2 amide bonds. The van der Waals surface area contributed by atoms with E-state index < -0.39 is 5.91 Å². The second kappa shape index (κ2) is 11.0. The first-order valence-corrected chi connectivity index (χ1v) is 15.0. The molecule has 0 unspecified atom stereocenters. The Kier molecular flexibility index (Phi) is 7.30. The number of thiocarbonyl (C=S) groups is 1. The number of hydrogen-bond acceptors (Lipinski definition) is 8. The lowest BCUT2D eigenvalue weighted by atomic mass is 9.96. The van der Waals surface area contributed by atoms with Gasteiger partial charge in [-0.3, -0.25) is 33.2 Å². The molecule has 0 atom stereocenters. The smallest absolute Gasteiger partial charge is 0.296 e. The second-order valence-corrected chi connectivity index (χ2v) is 12.3. The van der Waals surface area contributed by atoms with E-state index in [0.717, 1.165) is 17.3 Å². The van der Waals surface area contributed by atoms with Crippen LogP contribution in [-0.2, 0) is 16.6 Å². The molecule has 3 aromatic heterocycles. The summed E-state index contributed by atoms with van der Waals surface area (Å²) < 4.78 is 4.82. The molecule has 2 aliphatic heterocycles. The lowest BCUT2D eigenvalue weighted by Crippen LogP contribution is -2.40. The van der Waals surface area contributed by atoms with Crippen LogP contribution in [0.2, 0.25) is 0 Å². The SMILES string of the molecule is Cc1cccn2c(=O)c(/C=C3/SC(=S)N(c4c(C)n(C)n(-c5ccccc5)c4=O)C3=O)c(N3CCC(C(N)=O)CC3)nc12. The van der Waals surface area contributed by atoms with Crippen LogP contribution < -0.4 is 26.7 Å². The monoisotopic (exact) mass is 615 g/mol. The summed E-state index contributed by atoms with van der Waals surface area (Å²) in [6.07, 6.45) is 4.23. The summed E-state index contributed by atoms with van der Waals surface area (Å²) >= 11 is 6.65. The Morgan fingerprint density at radius 2 is 1.74 bits per heavy atom. The predicted octanol–water partition coefficient (Wildman–Crippen LogP) is 2.91. The van der Waals surface area contributed by atoms with Crippen molar-refractivity contribution in [2.45, 2.75) is 26.7 Å². The summed E-state index contributed by atoms with van der Waals surface area (Å²) in [5.41, 5.74) is 7.75. The van der Waals surface area contributed by atoms with Gasteiger partial charge in [-0.1, -0.05) is 48.2 Å². The number of benzene rings is 1. The van der Waals surface area contributed by atoms with Gasteiger partial charge in [0.15, 0.2) is 4.32 Å². The van der Waals surface area contributed by atoms with Crippen LogP contribution in [0.15, 0.2) is 63.2 Å².